The molecule has 2 aliphatic rings. The number of fused-ring (bicyclic) bond motifs is 2. The molecule has 4 aromatic carbocycles. The predicted molar refractivity (Wildman–Crippen MR) is 152 cm³/mol. The maximum absolute atomic E-state index is 4.44. The van der Waals surface area contributed by atoms with Gasteiger partial charge in [-0.1, -0.05) is 98.1 Å². The second-order valence-electron chi connectivity index (χ2n) is 8.68. The van der Waals surface area contributed by atoms with Crippen molar-refractivity contribution in [1.82, 2.24) is 0 Å². The number of rotatable bonds is 5. The van der Waals surface area contributed by atoms with Crippen molar-refractivity contribution in [3.05, 3.63) is 157 Å². The maximum atomic E-state index is 4.44. The number of nitrogens with zero attached hydrogens (tertiary/aromatic N) is 2. The highest BCUT2D eigenvalue weighted by atomic mass is 15.3. The molecular weight excluding hydrogens is 440 g/mol. The first-order valence-electron chi connectivity index (χ1n) is 11.9. The second kappa shape index (κ2) is 9.01. The molecule has 0 aromatic heterocycles. The van der Waals surface area contributed by atoms with Crippen molar-refractivity contribution >= 4 is 34.1 Å². The van der Waals surface area contributed by atoms with Crippen LogP contribution in [0.5, 0.6) is 0 Å². The van der Waals surface area contributed by atoms with E-state index in [0.29, 0.717) is 0 Å². The Hall–Kier alpha value is -4.96. The van der Waals surface area contributed by atoms with Gasteiger partial charge >= 0.3 is 0 Å². The van der Waals surface area contributed by atoms with Crippen molar-refractivity contribution in [2.45, 2.75) is 0 Å². The highest BCUT2D eigenvalue weighted by Gasteiger charge is 2.28. The number of benzene rings is 4. The van der Waals surface area contributed by atoms with Crippen LogP contribution in [-0.4, -0.2) is 0 Å². The quantitative estimate of drug-likeness (QED) is 0.313. The summed E-state index contributed by atoms with van der Waals surface area (Å²) < 4.78 is 0. The van der Waals surface area contributed by atoms with Crippen LogP contribution in [0.3, 0.4) is 0 Å². The molecular formula is C32H26N4. The summed E-state index contributed by atoms with van der Waals surface area (Å²) in [5, 5.41) is 7.14. The molecule has 0 saturated heterocycles. The van der Waals surface area contributed by atoms with Crippen LogP contribution in [0.15, 0.2) is 146 Å². The van der Waals surface area contributed by atoms with Gasteiger partial charge in [0, 0.05) is 11.4 Å². The summed E-state index contributed by atoms with van der Waals surface area (Å²) in [4.78, 5) is 4.33. The molecule has 0 saturated carbocycles. The van der Waals surface area contributed by atoms with Crippen LogP contribution in [0.1, 0.15) is 11.1 Å². The summed E-state index contributed by atoms with van der Waals surface area (Å²) >= 11 is 0. The van der Waals surface area contributed by atoms with E-state index in [-0.39, 0.29) is 0 Å². The van der Waals surface area contributed by atoms with E-state index in [1.54, 1.807) is 0 Å². The third-order valence-corrected chi connectivity index (χ3v) is 6.45. The van der Waals surface area contributed by atoms with Crippen molar-refractivity contribution in [3.63, 3.8) is 0 Å². The first kappa shape index (κ1) is 21.6. The Morgan fingerprint density at radius 2 is 0.861 bits per heavy atom. The molecule has 4 aromatic rings. The van der Waals surface area contributed by atoms with Gasteiger partial charge in [0.05, 0.1) is 22.7 Å². The van der Waals surface area contributed by atoms with Crippen molar-refractivity contribution in [3.8, 4) is 0 Å². The lowest BCUT2D eigenvalue weighted by Crippen LogP contribution is -2.20. The molecule has 0 unspecified atom stereocenters. The van der Waals surface area contributed by atoms with Crippen LogP contribution in [-0.2, 0) is 0 Å². The minimum atomic E-state index is 0.908. The Morgan fingerprint density at radius 1 is 0.500 bits per heavy atom. The lowest BCUT2D eigenvalue weighted by molar-refractivity contribution is 1.22. The number of hydrogen-bond donors (Lipinski definition) is 2. The standard InChI is InChI=1S/C32H26N4/c1-23(25-13-5-3-6-14-25)35-29-19-11-9-17-27(29)33-31(35)21-22-32-34-28-18-10-12-20-30(28)36(32)24(2)26-15-7-4-8-16-26/h3-22,33-34H,1-2H2. The maximum Gasteiger partial charge on any atom is 0.115 e. The highest BCUT2D eigenvalue weighted by Crippen LogP contribution is 2.43. The van der Waals surface area contributed by atoms with E-state index < -0.39 is 0 Å². The van der Waals surface area contributed by atoms with Crippen LogP contribution in [0, 0.1) is 0 Å². The van der Waals surface area contributed by atoms with Gasteiger partial charge in [0.2, 0.25) is 0 Å². The van der Waals surface area contributed by atoms with Gasteiger partial charge in [-0.3, -0.25) is 9.80 Å². The van der Waals surface area contributed by atoms with Crippen molar-refractivity contribution in [2.24, 2.45) is 0 Å². The Kier molecular flexibility index (Phi) is 5.39. The van der Waals surface area contributed by atoms with Crippen LogP contribution in [0.4, 0.5) is 22.7 Å². The van der Waals surface area contributed by atoms with E-state index in [1.165, 1.54) is 0 Å². The number of nitrogens with one attached hydrogen (secondary N) is 2. The van der Waals surface area contributed by atoms with Crippen LogP contribution >= 0.6 is 0 Å². The van der Waals surface area contributed by atoms with Crippen molar-refractivity contribution in [2.75, 3.05) is 20.4 Å². The Labute approximate surface area is 211 Å². The molecule has 0 aliphatic carbocycles. The highest BCUT2D eigenvalue weighted by molar-refractivity contribution is 5.95. The molecule has 6 rings (SSSR count). The van der Waals surface area contributed by atoms with Gasteiger partial charge < -0.3 is 10.6 Å². The molecule has 0 bridgehead atoms. The van der Waals surface area contributed by atoms with Gasteiger partial charge in [-0.2, -0.15) is 0 Å². The fourth-order valence-corrected chi connectivity index (χ4v) is 4.69. The normalized spacial score (nSPS) is 15.9. The summed E-state index contributed by atoms with van der Waals surface area (Å²) in [5.74, 6) is 1.86. The Balaban J connectivity index is 1.41. The van der Waals surface area contributed by atoms with E-state index in [4.69, 9.17) is 0 Å². The van der Waals surface area contributed by atoms with Crippen molar-refractivity contribution < 1.29 is 0 Å². The zero-order valence-corrected chi connectivity index (χ0v) is 19.9. The zero-order chi connectivity index (χ0) is 24.5. The molecule has 0 atom stereocenters. The molecule has 36 heavy (non-hydrogen) atoms. The lowest BCUT2D eigenvalue weighted by atomic mass is 10.1. The monoisotopic (exact) mass is 466 g/mol. The zero-order valence-electron chi connectivity index (χ0n) is 19.9. The summed E-state index contributed by atoms with van der Waals surface area (Å²) in [6.07, 6.45) is 4.18. The van der Waals surface area contributed by atoms with Gasteiger partial charge in [-0.15, -0.1) is 0 Å². The fourth-order valence-electron chi connectivity index (χ4n) is 4.69. The van der Waals surface area contributed by atoms with E-state index in [9.17, 15) is 0 Å². The van der Waals surface area contributed by atoms with E-state index in [1.807, 2.05) is 60.7 Å². The molecule has 0 spiro atoms. The summed E-state index contributed by atoms with van der Waals surface area (Å²) in [6.45, 7) is 8.87. The van der Waals surface area contributed by atoms with Gasteiger partial charge in [-0.25, -0.2) is 0 Å². The van der Waals surface area contributed by atoms with Gasteiger partial charge in [0.25, 0.3) is 0 Å². The topological polar surface area (TPSA) is 30.5 Å². The lowest BCUT2D eigenvalue weighted by Gasteiger charge is -2.24. The smallest absolute Gasteiger partial charge is 0.115 e. The summed E-state index contributed by atoms with van der Waals surface area (Å²) in [6, 6.07) is 37.1. The first-order valence-corrected chi connectivity index (χ1v) is 11.9. The molecule has 2 heterocycles. The average molecular weight is 467 g/mol. The largest absolute Gasteiger partial charge is 0.340 e. The molecule has 0 fully saturated rings. The SMILES string of the molecule is C=C(c1ccccc1)N1C(=CC=C2Nc3ccccc3N2C(=C)c2ccccc2)Nc2ccccc21. The van der Waals surface area contributed by atoms with Crippen LogP contribution in [0.25, 0.3) is 11.4 Å². The number of anilines is 4. The second-order valence-corrected chi connectivity index (χ2v) is 8.68. The van der Waals surface area contributed by atoms with Gasteiger partial charge in [0.15, 0.2) is 0 Å². The first-order chi connectivity index (χ1) is 17.7. The Morgan fingerprint density at radius 3 is 1.28 bits per heavy atom. The minimum absolute atomic E-state index is 0.908. The summed E-state index contributed by atoms with van der Waals surface area (Å²) in [7, 11) is 0. The predicted octanol–water partition coefficient (Wildman–Crippen LogP) is 7.88. The number of allylic oxidation sites excluding steroid dienone is 2. The molecule has 0 radical (unpaired) electrons. The van der Waals surface area contributed by atoms with E-state index in [2.05, 4.69) is 94.3 Å². The van der Waals surface area contributed by atoms with E-state index >= 15 is 0 Å². The van der Waals surface area contributed by atoms with Gasteiger partial charge in [0.1, 0.15) is 11.6 Å². The Bertz CT molecular complexity index is 1400. The molecule has 4 nitrogen and oxygen atoms in total. The average Bonchev–Trinajstić information content (AvgIpc) is 3.50. The van der Waals surface area contributed by atoms with Crippen LogP contribution in [0.2, 0.25) is 0 Å². The fraction of sp³-hybridized carbons (Fsp3) is 0. The molecule has 174 valence electrons. The number of para-hydroxylation sites is 4. The molecule has 0 amide bonds. The third-order valence-electron chi connectivity index (χ3n) is 6.45. The van der Waals surface area contributed by atoms with Gasteiger partial charge in [-0.05, 0) is 47.5 Å². The summed E-state index contributed by atoms with van der Waals surface area (Å²) in [5.41, 5.74) is 8.20. The van der Waals surface area contributed by atoms with Crippen LogP contribution < -0.4 is 20.4 Å². The number of hydrogen-bond acceptors (Lipinski definition) is 4. The third kappa shape index (κ3) is 3.75. The minimum Gasteiger partial charge on any atom is -0.340 e. The molecule has 4 heteroatoms. The van der Waals surface area contributed by atoms with Crippen molar-refractivity contribution in [1.29, 1.82) is 0 Å². The molecule has 2 N–H and O–H groups in total. The molecule has 2 aliphatic heterocycles. The van der Waals surface area contributed by atoms with E-state index in [0.717, 1.165) is 56.9 Å².